The molecule has 0 radical (unpaired) electrons. The van der Waals surface area contributed by atoms with Crippen molar-refractivity contribution in [1.29, 1.82) is 5.26 Å². The number of thioether (sulfide) groups is 1. The van der Waals surface area contributed by atoms with Gasteiger partial charge < -0.3 is 0 Å². The summed E-state index contributed by atoms with van der Waals surface area (Å²) in [5.74, 6) is 0. The van der Waals surface area contributed by atoms with Crippen LogP contribution in [-0.2, 0) is 0 Å². The van der Waals surface area contributed by atoms with Crippen molar-refractivity contribution in [2.75, 3.05) is 0 Å². The Morgan fingerprint density at radius 2 is 1.94 bits per heavy atom. The number of nitriles is 1. The molecule has 1 aliphatic heterocycles. The van der Waals surface area contributed by atoms with Crippen molar-refractivity contribution in [2.24, 2.45) is 0 Å². The molecule has 0 bridgehead atoms. The third-order valence-electron chi connectivity index (χ3n) is 3.03. The summed E-state index contributed by atoms with van der Waals surface area (Å²) in [6.45, 7) is 2.10. The minimum Gasteiger partial charge on any atom is -0.197 e. The monoisotopic (exact) mass is 237 g/mol. The summed E-state index contributed by atoms with van der Waals surface area (Å²) in [6.07, 6.45) is 0. The van der Waals surface area contributed by atoms with Gasteiger partial charge >= 0.3 is 0 Å². The smallest absolute Gasteiger partial charge is 0.122 e. The summed E-state index contributed by atoms with van der Waals surface area (Å²) < 4.78 is 0. The van der Waals surface area contributed by atoms with Gasteiger partial charge in [0.1, 0.15) is 5.25 Å². The molecule has 17 heavy (non-hydrogen) atoms. The molecule has 2 heteroatoms. The van der Waals surface area contributed by atoms with Crippen LogP contribution in [0, 0.1) is 18.3 Å². The van der Waals surface area contributed by atoms with Gasteiger partial charge in [-0.25, -0.2) is 0 Å². The van der Waals surface area contributed by atoms with E-state index in [0.29, 0.717) is 0 Å². The molecular weight excluding hydrogens is 226 g/mol. The second-order valence-electron chi connectivity index (χ2n) is 4.21. The minimum absolute atomic E-state index is 0.0820. The van der Waals surface area contributed by atoms with Gasteiger partial charge in [-0.2, -0.15) is 5.26 Å². The van der Waals surface area contributed by atoms with Crippen LogP contribution in [0.25, 0.3) is 11.1 Å². The van der Waals surface area contributed by atoms with Gasteiger partial charge in [0, 0.05) is 4.90 Å². The van der Waals surface area contributed by atoms with E-state index in [1.165, 1.54) is 21.6 Å². The van der Waals surface area contributed by atoms with Crippen molar-refractivity contribution in [3.63, 3.8) is 0 Å². The lowest BCUT2D eigenvalue weighted by Gasteiger charge is -2.23. The van der Waals surface area contributed by atoms with Gasteiger partial charge in [0.05, 0.1) is 6.07 Å². The van der Waals surface area contributed by atoms with E-state index < -0.39 is 0 Å². The fourth-order valence-electron chi connectivity index (χ4n) is 2.21. The number of hydrogen-bond donors (Lipinski definition) is 0. The highest BCUT2D eigenvalue weighted by Gasteiger charge is 2.24. The molecular formula is C15H11NS. The first-order chi connectivity index (χ1) is 8.29. The average molecular weight is 237 g/mol. The van der Waals surface area contributed by atoms with Gasteiger partial charge in [-0.1, -0.05) is 42.0 Å². The standard InChI is InChI=1S/C15H11NS/c1-10-6-7-14-13(8-10)11-4-2-3-5-12(11)15(9-16)17-14/h2-8,15H,1H3. The summed E-state index contributed by atoms with van der Waals surface area (Å²) in [4.78, 5) is 1.21. The van der Waals surface area contributed by atoms with E-state index in [9.17, 15) is 5.26 Å². The molecule has 1 aliphatic rings. The highest BCUT2D eigenvalue weighted by molar-refractivity contribution is 8.00. The van der Waals surface area contributed by atoms with E-state index in [2.05, 4.69) is 43.3 Å². The lowest BCUT2D eigenvalue weighted by molar-refractivity contribution is 1.19. The molecule has 1 heterocycles. The molecule has 82 valence electrons. The molecule has 0 saturated carbocycles. The maximum Gasteiger partial charge on any atom is 0.122 e. The molecule has 0 N–H and O–H groups in total. The van der Waals surface area contributed by atoms with Crippen LogP contribution in [0.2, 0.25) is 0 Å². The zero-order valence-electron chi connectivity index (χ0n) is 9.47. The Kier molecular flexibility index (Phi) is 2.42. The van der Waals surface area contributed by atoms with Crippen molar-refractivity contribution in [1.82, 2.24) is 0 Å². The van der Waals surface area contributed by atoms with Crippen molar-refractivity contribution >= 4 is 11.8 Å². The van der Waals surface area contributed by atoms with E-state index >= 15 is 0 Å². The van der Waals surface area contributed by atoms with Crippen molar-refractivity contribution in [3.8, 4) is 17.2 Å². The second-order valence-corrected chi connectivity index (χ2v) is 5.36. The zero-order chi connectivity index (χ0) is 11.8. The van der Waals surface area contributed by atoms with E-state index in [4.69, 9.17) is 0 Å². The van der Waals surface area contributed by atoms with Crippen LogP contribution in [0.15, 0.2) is 47.4 Å². The van der Waals surface area contributed by atoms with Gasteiger partial charge in [0.25, 0.3) is 0 Å². The van der Waals surface area contributed by atoms with Crippen LogP contribution in [0.3, 0.4) is 0 Å². The van der Waals surface area contributed by atoms with Crippen molar-refractivity contribution in [3.05, 3.63) is 53.6 Å². The lowest BCUT2D eigenvalue weighted by atomic mass is 9.96. The third kappa shape index (κ3) is 1.64. The minimum atomic E-state index is -0.0820. The Morgan fingerprint density at radius 3 is 2.76 bits per heavy atom. The Bertz CT molecular complexity index is 625. The van der Waals surface area contributed by atoms with Crippen LogP contribution in [-0.4, -0.2) is 0 Å². The lowest BCUT2D eigenvalue weighted by Crippen LogP contribution is -2.01. The van der Waals surface area contributed by atoms with Crippen LogP contribution in [0.4, 0.5) is 0 Å². The van der Waals surface area contributed by atoms with Gasteiger partial charge in [-0.3, -0.25) is 0 Å². The highest BCUT2D eigenvalue weighted by atomic mass is 32.2. The first kappa shape index (κ1) is 10.4. The summed E-state index contributed by atoms with van der Waals surface area (Å²) in [7, 11) is 0. The molecule has 0 aromatic heterocycles. The maximum atomic E-state index is 9.25. The Labute approximate surface area is 105 Å². The largest absolute Gasteiger partial charge is 0.197 e. The quantitative estimate of drug-likeness (QED) is 0.680. The molecule has 0 saturated heterocycles. The van der Waals surface area contributed by atoms with E-state index in [1.54, 1.807) is 11.8 Å². The molecule has 2 aromatic rings. The molecule has 2 aromatic carbocycles. The molecule has 0 fully saturated rings. The normalized spacial score (nSPS) is 16.8. The van der Waals surface area contributed by atoms with Crippen LogP contribution in [0.5, 0.6) is 0 Å². The first-order valence-corrected chi connectivity index (χ1v) is 6.44. The first-order valence-electron chi connectivity index (χ1n) is 5.56. The molecule has 1 atom stereocenters. The highest BCUT2D eigenvalue weighted by Crippen LogP contribution is 2.48. The van der Waals surface area contributed by atoms with E-state index in [0.717, 1.165) is 5.56 Å². The number of fused-ring (bicyclic) bond motifs is 3. The third-order valence-corrected chi connectivity index (χ3v) is 4.24. The van der Waals surface area contributed by atoms with Gasteiger partial charge in [0.2, 0.25) is 0 Å². The van der Waals surface area contributed by atoms with Crippen molar-refractivity contribution in [2.45, 2.75) is 17.1 Å². The number of rotatable bonds is 0. The van der Waals surface area contributed by atoms with Gasteiger partial charge in [-0.05, 0) is 29.7 Å². The van der Waals surface area contributed by atoms with Crippen LogP contribution < -0.4 is 0 Å². The van der Waals surface area contributed by atoms with Gasteiger partial charge in [0.15, 0.2) is 0 Å². The van der Waals surface area contributed by atoms with E-state index in [1.807, 2.05) is 12.1 Å². The number of benzene rings is 2. The number of aryl methyl sites for hydroxylation is 1. The number of nitrogens with zero attached hydrogens (tertiary/aromatic N) is 1. The topological polar surface area (TPSA) is 23.8 Å². The fraction of sp³-hybridized carbons (Fsp3) is 0.133. The second kappa shape index (κ2) is 3.94. The van der Waals surface area contributed by atoms with Gasteiger partial charge in [-0.15, -0.1) is 11.8 Å². The maximum absolute atomic E-state index is 9.25. The van der Waals surface area contributed by atoms with Crippen molar-refractivity contribution < 1.29 is 0 Å². The molecule has 0 aliphatic carbocycles. The molecule has 1 nitrogen and oxygen atoms in total. The Balaban J connectivity index is 2.29. The molecule has 0 amide bonds. The van der Waals surface area contributed by atoms with E-state index in [-0.39, 0.29) is 5.25 Å². The summed E-state index contributed by atoms with van der Waals surface area (Å²) in [5.41, 5.74) is 4.86. The Hall–Kier alpha value is -1.72. The summed E-state index contributed by atoms with van der Waals surface area (Å²) >= 11 is 1.65. The summed E-state index contributed by atoms with van der Waals surface area (Å²) in [6, 6.07) is 17.0. The zero-order valence-corrected chi connectivity index (χ0v) is 10.3. The number of hydrogen-bond acceptors (Lipinski definition) is 2. The average Bonchev–Trinajstić information content (AvgIpc) is 2.38. The fourth-order valence-corrected chi connectivity index (χ4v) is 3.30. The predicted octanol–water partition coefficient (Wildman–Crippen LogP) is 4.33. The molecule has 3 rings (SSSR count). The Morgan fingerprint density at radius 1 is 1.12 bits per heavy atom. The van der Waals surface area contributed by atoms with Crippen LogP contribution >= 0.6 is 11.8 Å². The van der Waals surface area contributed by atoms with Crippen LogP contribution in [0.1, 0.15) is 16.4 Å². The molecule has 0 spiro atoms. The summed E-state index contributed by atoms with van der Waals surface area (Å²) in [5, 5.41) is 9.17. The molecule has 1 unspecified atom stereocenters. The SMILES string of the molecule is Cc1ccc2c(c1)-c1ccccc1C(C#N)S2. The predicted molar refractivity (Wildman–Crippen MR) is 70.8 cm³/mol.